The van der Waals surface area contributed by atoms with Gasteiger partial charge in [-0.1, -0.05) is 18.2 Å². The molecule has 4 aliphatic carbocycles. The van der Waals surface area contributed by atoms with Crippen molar-refractivity contribution in [1.29, 1.82) is 0 Å². The molecule has 164 valence electrons. The summed E-state index contributed by atoms with van der Waals surface area (Å²) < 4.78 is 19.7. The molecule has 3 saturated carbocycles. The summed E-state index contributed by atoms with van der Waals surface area (Å²) in [4.78, 5) is 13.4. The van der Waals surface area contributed by atoms with Gasteiger partial charge >= 0.3 is 0 Å². The molecular formula is C25H27ClFNO3. The Bertz CT molecular complexity index is 1020. The van der Waals surface area contributed by atoms with Gasteiger partial charge in [0.25, 0.3) is 0 Å². The number of carbonyl (C=O) groups is 1. The molecule has 4 aliphatic rings. The highest BCUT2D eigenvalue weighted by molar-refractivity contribution is 6.31. The summed E-state index contributed by atoms with van der Waals surface area (Å²) in [6.07, 6.45) is 6.42. The van der Waals surface area contributed by atoms with Crippen LogP contribution in [0.2, 0.25) is 0 Å². The zero-order valence-electron chi connectivity index (χ0n) is 17.8. The number of benzene rings is 1. The van der Waals surface area contributed by atoms with Gasteiger partial charge in [-0.05, 0) is 86.3 Å². The lowest BCUT2D eigenvalue weighted by Gasteiger charge is -2.44. The van der Waals surface area contributed by atoms with E-state index in [-0.39, 0.29) is 34.2 Å². The minimum absolute atomic E-state index is 0.0301. The smallest absolute Gasteiger partial charge is 0.170 e. The number of allylic oxidation sites excluding steroid dienone is 5. The van der Waals surface area contributed by atoms with Gasteiger partial charge in [-0.2, -0.15) is 0 Å². The van der Waals surface area contributed by atoms with E-state index < -0.39 is 5.83 Å². The lowest BCUT2D eigenvalue weighted by atomic mass is 9.59. The van der Waals surface area contributed by atoms with Crippen LogP contribution in [0.15, 0.2) is 53.4 Å². The van der Waals surface area contributed by atoms with Crippen LogP contribution < -0.4 is 10.5 Å². The number of rotatable bonds is 5. The van der Waals surface area contributed by atoms with Crippen LogP contribution in [0.25, 0.3) is 5.57 Å². The molecule has 0 aliphatic heterocycles. The molecule has 0 spiro atoms. The predicted octanol–water partition coefficient (Wildman–Crippen LogP) is 5.99. The van der Waals surface area contributed by atoms with E-state index in [1.807, 2.05) is 13.8 Å². The van der Waals surface area contributed by atoms with Crippen molar-refractivity contribution in [3.8, 4) is 5.75 Å². The average molecular weight is 444 g/mol. The van der Waals surface area contributed by atoms with Gasteiger partial charge in [0.15, 0.2) is 17.4 Å². The van der Waals surface area contributed by atoms with E-state index >= 15 is 0 Å². The minimum atomic E-state index is -0.739. The molecule has 0 amide bonds. The van der Waals surface area contributed by atoms with Crippen LogP contribution in [-0.2, 0) is 4.79 Å². The van der Waals surface area contributed by atoms with E-state index in [1.54, 1.807) is 12.1 Å². The molecule has 0 aromatic heterocycles. The Balaban J connectivity index is 1.65. The second-order valence-corrected chi connectivity index (χ2v) is 9.29. The number of aryl methyl sites for hydroxylation is 2. The van der Waals surface area contributed by atoms with Crippen LogP contribution in [0.4, 0.5) is 4.39 Å². The van der Waals surface area contributed by atoms with E-state index in [0.29, 0.717) is 23.2 Å². The van der Waals surface area contributed by atoms with Crippen LogP contribution >= 0.6 is 11.6 Å². The summed E-state index contributed by atoms with van der Waals surface area (Å²) in [5.41, 5.74) is 8.03. The Morgan fingerprint density at radius 3 is 2.26 bits per heavy atom. The summed E-state index contributed by atoms with van der Waals surface area (Å²) in [7, 11) is 0. The fourth-order valence-electron chi connectivity index (χ4n) is 5.75. The number of aliphatic hydroxyl groups excluding tert-OH is 1. The summed E-state index contributed by atoms with van der Waals surface area (Å²) in [5, 5.41) is 11.1. The summed E-state index contributed by atoms with van der Waals surface area (Å²) in [5.74, 6) is 0.420. The Morgan fingerprint density at radius 1 is 1.19 bits per heavy atom. The third-order valence-electron chi connectivity index (χ3n) is 7.03. The molecule has 5 rings (SSSR count). The third-order valence-corrected chi connectivity index (χ3v) is 7.26. The number of ether oxygens (including phenoxy) is 1. The Morgan fingerprint density at radius 2 is 1.74 bits per heavy atom. The van der Waals surface area contributed by atoms with Crippen molar-refractivity contribution < 1.29 is 19.0 Å². The molecule has 3 N–H and O–H groups in total. The van der Waals surface area contributed by atoms with Gasteiger partial charge in [0, 0.05) is 18.0 Å². The van der Waals surface area contributed by atoms with E-state index in [9.17, 15) is 14.3 Å². The van der Waals surface area contributed by atoms with Crippen LogP contribution in [0.3, 0.4) is 0 Å². The highest BCUT2D eigenvalue weighted by Crippen LogP contribution is 2.57. The van der Waals surface area contributed by atoms with Crippen LogP contribution in [0.5, 0.6) is 5.75 Å². The van der Waals surface area contributed by atoms with Crippen molar-refractivity contribution in [2.75, 3.05) is 0 Å². The van der Waals surface area contributed by atoms with Crippen LogP contribution in [0, 0.1) is 37.5 Å². The molecule has 6 heteroatoms. The second kappa shape index (κ2) is 8.19. The molecule has 2 bridgehead atoms. The zero-order chi connectivity index (χ0) is 22.4. The number of hydrogen-bond acceptors (Lipinski definition) is 4. The highest BCUT2D eigenvalue weighted by Gasteiger charge is 2.54. The fourth-order valence-corrected chi connectivity index (χ4v) is 5.84. The van der Waals surface area contributed by atoms with Gasteiger partial charge in [0.1, 0.15) is 11.5 Å². The Hall–Kier alpha value is -2.53. The second-order valence-electron chi connectivity index (χ2n) is 8.85. The molecule has 3 fully saturated rings. The van der Waals surface area contributed by atoms with Gasteiger partial charge in [-0.15, -0.1) is 0 Å². The minimum Gasteiger partial charge on any atom is -0.511 e. The van der Waals surface area contributed by atoms with Crippen molar-refractivity contribution in [1.82, 2.24) is 0 Å². The molecule has 2 unspecified atom stereocenters. The topological polar surface area (TPSA) is 72.5 Å². The molecule has 0 heterocycles. The number of nitrogens with two attached hydrogens (primary N) is 1. The first-order valence-electron chi connectivity index (χ1n) is 10.6. The number of Topliss-reactive ketones (excluding diaryl/α,β-unsaturated/α-hetero) is 1. The molecule has 0 saturated heterocycles. The average Bonchev–Trinajstić information content (AvgIpc) is 3.01. The van der Waals surface area contributed by atoms with E-state index in [4.69, 9.17) is 22.1 Å². The van der Waals surface area contributed by atoms with Crippen LogP contribution in [0.1, 0.15) is 42.4 Å². The van der Waals surface area contributed by atoms with Crippen molar-refractivity contribution in [2.24, 2.45) is 29.4 Å². The summed E-state index contributed by atoms with van der Waals surface area (Å²) >= 11 is 5.72. The molecule has 1 aromatic carbocycles. The van der Waals surface area contributed by atoms with Gasteiger partial charge < -0.3 is 15.6 Å². The number of halogens is 2. The van der Waals surface area contributed by atoms with Gasteiger partial charge in [0.2, 0.25) is 0 Å². The number of carbonyl (C=O) groups excluding carboxylic acids is 1. The largest absolute Gasteiger partial charge is 0.511 e. The summed E-state index contributed by atoms with van der Waals surface area (Å²) in [6.45, 7) is 7.32. The fraction of sp³-hybridized carbons (Fsp3) is 0.400. The number of ketones is 1. The molecule has 31 heavy (non-hydrogen) atoms. The number of fused-ring (bicyclic) bond motifs is 2. The molecule has 4 nitrogen and oxygen atoms in total. The maximum absolute atomic E-state index is 14.2. The van der Waals surface area contributed by atoms with E-state index in [0.717, 1.165) is 54.6 Å². The standard InChI is InChI=1S/C25H27ClFNO3/c1-12-8-18(31-14(3)19(27)10-17(26)11-28)9-13(2)20(12)23-24(29)21-15-4-5-16(7-6-15)22(21)25(23)30/h8-11,15-16,21-22,29H,3-7,28H2,1-2H3/b17-11+,19-10+. The highest BCUT2D eigenvalue weighted by atomic mass is 35.5. The molecule has 0 radical (unpaired) electrons. The molecule has 1 aromatic rings. The van der Waals surface area contributed by atoms with Crippen molar-refractivity contribution in [3.63, 3.8) is 0 Å². The maximum Gasteiger partial charge on any atom is 0.170 e. The van der Waals surface area contributed by atoms with Gasteiger partial charge in [-0.3, -0.25) is 4.79 Å². The summed E-state index contributed by atoms with van der Waals surface area (Å²) in [6, 6.07) is 3.45. The lowest BCUT2D eigenvalue weighted by molar-refractivity contribution is -0.123. The quantitative estimate of drug-likeness (QED) is 0.433. The molecule has 2 atom stereocenters. The normalized spacial score (nSPS) is 28.2. The van der Waals surface area contributed by atoms with Crippen LogP contribution in [-0.4, -0.2) is 10.9 Å². The predicted molar refractivity (Wildman–Crippen MR) is 120 cm³/mol. The van der Waals surface area contributed by atoms with E-state index in [2.05, 4.69) is 6.58 Å². The zero-order valence-corrected chi connectivity index (χ0v) is 18.5. The SMILES string of the molecule is C=C(Oc1cc(C)c(C2=C(O)C3C4CCC(CC4)C3C2=O)c(C)c1)/C(F)=C\C(Cl)=C/N. The lowest BCUT2D eigenvalue weighted by Crippen LogP contribution is -2.41. The van der Waals surface area contributed by atoms with Crippen molar-refractivity contribution in [3.05, 3.63) is 70.1 Å². The first-order valence-corrected chi connectivity index (χ1v) is 11.0. The van der Waals surface area contributed by atoms with Crippen molar-refractivity contribution >= 4 is 23.0 Å². The molecular weight excluding hydrogens is 417 g/mol. The first-order chi connectivity index (χ1) is 14.7. The number of aliphatic hydroxyl groups is 1. The van der Waals surface area contributed by atoms with Gasteiger partial charge in [-0.25, -0.2) is 4.39 Å². The monoisotopic (exact) mass is 443 g/mol. The van der Waals surface area contributed by atoms with Crippen molar-refractivity contribution in [2.45, 2.75) is 39.5 Å². The number of hydrogen-bond donors (Lipinski definition) is 2. The Labute approximate surface area is 186 Å². The third kappa shape index (κ3) is 3.69. The Kier molecular flexibility index (Phi) is 5.73. The first kappa shape index (κ1) is 21.7. The van der Waals surface area contributed by atoms with E-state index in [1.165, 1.54) is 0 Å². The maximum atomic E-state index is 14.2. The van der Waals surface area contributed by atoms with Gasteiger partial charge in [0.05, 0.1) is 10.6 Å².